The van der Waals surface area contributed by atoms with Crippen LogP contribution in [0.2, 0.25) is 0 Å². The summed E-state index contributed by atoms with van der Waals surface area (Å²) in [7, 11) is 0. The van der Waals surface area contributed by atoms with Crippen LogP contribution in [0, 0.1) is 0 Å². The molecule has 0 unspecified atom stereocenters. The number of rotatable bonds is 0. The predicted octanol–water partition coefficient (Wildman–Crippen LogP) is -0.656. The fourth-order valence-corrected chi connectivity index (χ4v) is 0. The minimum absolute atomic E-state index is 0. The maximum Gasteiger partial charge on any atom is 0 e. The van der Waals surface area contributed by atoms with Gasteiger partial charge in [0.1, 0.15) is 0 Å². The third kappa shape index (κ3) is 8.95. The minimum Gasteiger partial charge on any atom is 0 e. The van der Waals surface area contributed by atoms with E-state index in [0.717, 1.165) is 0 Å². The van der Waals surface area contributed by atoms with Crippen molar-refractivity contribution in [3.05, 3.63) is 0 Å². The van der Waals surface area contributed by atoms with Crippen LogP contribution in [0.3, 0.4) is 0 Å². The van der Waals surface area contributed by atoms with Crippen LogP contribution in [0.4, 0.5) is 0 Å². The van der Waals surface area contributed by atoms with Crippen LogP contribution in [-0.2, 0) is 50.6 Å². The standard InChI is InChI=1S/Fe.K.Mn.Ni.H. The molecule has 4 heteroatoms. The quantitative estimate of drug-likeness (QED) is 0.465. The van der Waals surface area contributed by atoms with Crippen LogP contribution < -0.4 is 0 Å². The molecule has 0 saturated carbocycles. The summed E-state index contributed by atoms with van der Waals surface area (Å²) in [6.07, 6.45) is 0. The molecule has 0 rings (SSSR count). The molecule has 0 atom stereocenters. The molecule has 0 spiro atoms. The second kappa shape index (κ2) is 16.4. The Kier molecular flexibility index (Phi) is 111. The fraction of sp³-hybridized carbons (Fsp3) is 0. The SMILES string of the molecule is [Fe].[KH].[Mn].[Ni]. The summed E-state index contributed by atoms with van der Waals surface area (Å²) >= 11 is 0. The first kappa shape index (κ1) is 27.2. The molecule has 4 heavy (non-hydrogen) atoms. The van der Waals surface area contributed by atoms with Crippen molar-refractivity contribution in [1.82, 2.24) is 0 Å². The molecule has 0 aromatic heterocycles. The van der Waals surface area contributed by atoms with Gasteiger partial charge in [-0.1, -0.05) is 0 Å². The Balaban J connectivity index is 0. The molecule has 0 fully saturated rings. The molecule has 27 valence electrons. The van der Waals surface area contributed by atoms with E-state index in [1.165, 1.54) is 0 Å². The van der Waals surface area contributed by atoms with Crippen LogP contribution in [0.25, 0.3) is 0 Å². The average Bonchev–Trinajstić information content (AvgIpc) is 0. The third-order valence-electron chi connectivity index (χ3n) is 0. The monoisotopic (exact) mass is 209 g/mol. The van der Waals surface area contributed by atoms with E-state index in [9.17, 15) is 0 Å². The zero-order chi connectivity index (χ0) is 0. The Morgan fingerprint density at radius 3 is 1.00 bits per heavy atom. The van der Waals surface area contributed by atoms with E-state index in [0.29, 0.717) is 0 Å². The van der Waals surface area contributed by atoms with Crippen LogP contribution in [0.1, 0.15) is 0 Å². The Hall–Kier alpha value is 3.17. The second-order valence-electron chi connectivity index (χ2n) is 0. The van der Waals surface area contributed by atoms with Gasteiger partial charge in [-0.25, -0.2) is 0 Å². The van der Waals surface area contributed by atoms with Gasteiger partial charge in [-0.3, -0.25) is 0 Å². The summed E-state index contributed by atoms with van der Waals surface area (Å²) < 4.78 is 0. The first-order valence-electron chi connectivity index (χ1n) is 0. The molecule has 0 bridgehead atoms. The summed E-state index contributed by atoms with van der Waals surface area (Å²) in [5, 5.41) is 0. The predicted molar refractivity (Wildman–Crippen MR) is 7.15 cm³/mol. The van der Waals surface area contributed by atoms with Gasteiger partial charge in [0, 0.05) is 50.6 Å². The van der Waals surface area contributed by atoms with Crippen LogP contribution in [0.5, 0.6) is 0 Å². The summed E-state index contributed by atoms with van der Waals surface area (Å²) in [6.45, 7) is 0. The largest absolute Gasteiger partial charge is 0 e. The van der Waals surface area contributed by atoms with Crippen LogP contribution >= 0.6 is 0 Å². The van der Waals surface area contributed by atoms with Gasteiger partial charge < -0.3 is 0 Å². The molecule has 0 aliphatic carbocycles. The maximum atomic E-state index is 0. The molecule has 0 aromatic carbocycles. The molecule has 0 heterocycles. The topological polar surface area (TPSA) is 0 Å². The van der Waals surface area contributed by atoms with Gasteiger partial charge in [0.15, 0.2) is 0 Å². The smallest absolute Gasteiger partial charge is 0 e. The van der Waals surface area contributed by atoms with Crippen molar-refractivity contribution < 1.29 is 50.6 Å². The molecular weight excluding hydrogens is 209 g/mol. The summed E-state index contributed by atoms with van der Waals surface area (Å²) in [5.74, 6) is 0. The van der Waals surface area contributed by atoms with Crippen molar-refractivity contribution in [3.63, 3.8) is 0 Å². The molecule has 0 aliphatic heterocycles. The summed E-state index contributed by atoms with van der Waals surface area (Å²) in [4.78, 5) is 0. The van der Waals surface area contributed by atoms with Gasteiger partial charge in [-0.15, -0.1) is 0 Å². The second-order valence-corrected chi connectivity index (χ2v) is 0. The van der Waals surface area contributed by atoms with E-state index < -0.39 is 0 Å². The van der Waals surface area contributed by atoms with Crippen molar-refractivity contribution in [3.8, 4) is 0 Å². The van der Waals surface area contributed by atoms with Crippen molar-refractivity contribution in [2.45, 2.75) is 0 Å². The third-order valence-corrected chi connectivity index (χ3v) is 0. The fourth-order valence-electron chi connectivity index (χ4n) is 0. The first-order chi connectivity index (χ1) is 0. The van der Waals surface area contributed by atoms with Crippen molar-refractivity contribution in [2.24, 2.45) is 0 Å². The molecular formula is HFeKMnNi. The molecule has 0 N–H and O–H groups in total. The van der Waals surface area contributed by atoms with Crippen LogP contribution in [-0.4, -0.2) is 51.4 Å². The molecule has 0 saturated heterocycles. The van der Waals surface area contributed by atoms with Gasteiger partial charge in [-0.2, -0.15) is 0 Å². The minimum atomic E-state index is 0. The van der Waals surface area contributed by atoms with E-state index >= 15 is 0 Å². The van der Waals surface area contributed by atoms with Gasteiger partial charge in [0.25, 0.3) is 0 Å². The van der Waals surface area contributed by atoms with Gasteiger partial charge in [0.05, 0.1) is 0 Å². The summed E-state index contributed by atoms with van der Waals surface area (Å²) in [6, 6.07) is 0. The van der Waals surface area contributed by atoms with E-state index in [1.807, 2.05) is 0 Å². The normalized spacial score (nSPS) is 0. The van der Waals surface area contributed by atoms with Gasteiger partial charge in [0.2, 0.25) is 0 Å². The zero-order valence-electron chi connectivity index (χ0n) is 1.05. The molecule has 0 amide bonds. The van der Waals surface area contributed by atoms with Gasteiger partial charge >= 0.3 is 51.4 Å². The Bertz CT molecular complexity index is 8.00. The molecule has 0 nitrogen and oxygen atoms in total. The Morgan fingerprint density at radius 1 is 1.00 bits per heavy atom. The first-order valence-corrected chi connectivity index (χ1v) is 0. The summed E-state index contributed by atoms with van der Waals surface area (Å²) in [5.41, 5.74) is 0. The molecule has 0 aromatic rings. The number of hydrogen-bond donors (Lipinski definition) is 0. The van der Waals surface area contributed by atoms with Crippen molar-refractivity contribution in [2.75, 3.05) is 0 Å². The molecule has 0 aliphatic rings. The van der Waals surface area contributed by atoms with Crippen LogP contribution in [0.15, 0.2) is 0 Å². The van der Waals surface area contributed by atoms with E-state index in [-0.39, 0.29) is 102 Å². The zero-order valence-corrected chi connectivity index (χ0v) is 4.32. The average molecular weight is 210 g/mol. The Morgan fingerprint density at radius 2 is 1.00 bits per heavy atom. The van der Waals surface area contributed by atoms with Crippen molar-refractivity contribution >= 4 is 51.4 Å². The van der Waals surface area contributed by atoms with Crippen molar-refractivity contribution in [1.29, 1.82) is 0 Å². The van der Waals surface area contributed by atoms with E-state index in [4.69, 9.17) is 0 Å². The Labute approximate surface area is 99.5 Å². The molecule has 1 radical (unpaired) electrons. The van der Waals surface area contributed by atoms with Gasteiger partial charge in [-0.05, 0) is 0 Å². The van der Waals surface area contributed by atoms with E-state index in [1.54, 1.807) is 0 Å². The van der Waals surface area contributed by atoms with E-state index in [2.05, 4.69) is 0 Å². The maximum absolute atomic E-state index is 0. The number of hydrogen-bond acceptors (Lipinski definition) is 0.